The van der Waals surface area contributed by atoms with E-state index in [-0.39, 0.29) is 12.1 Å². The fourth-order valence-corrected chi connectivity index (χ4v) is 3.06. The Labute approximate surface area is 156 Å². The van der Waals surface area contributed by atoms with Gasteiger partial charge in [0.2, 0.25) is 0 Å². The first-order valence-corrected chi connectivity index (χ1v) is 8.95. The summed E-state index contributed by atoms with van der Waals surface area (Å²) in [6.07, 6.45) is 2.44. The summed E-state index contributed by atoms with van der Waals surface area (Å²) in [5, 5.41) is 6.23. The van der Waals surface area contributed by atoms with Crippen LogP contribution >= 0.6 is 0 Å². The van der Waals surface area contributed by atoms with E-state index < -0.39 is 11.8 Å². The summed E-state index contributed by atoms with van der Waals surface area (Å²) < 4.78 is 4.97. The third-order valence-corrected chi connectivity index (χ3v) is 4.44. The first-order chi connectivity index (χ1) is 13.1. The number of carbonyl (C=O) groups excluding carboxylic acids is 3. The minimum absolute atomic E-state index is 0.153. The van der Waals surface area contributed by atoms with Crippen LogP contribution in [0.15, 0.2) is 36.5 Å². The molecule has 1 aromatic carbocycles. The predicted octanol–water partition coefficient (Wildman–Crippen LogP) is 1.91. The second kappa shape index (κ2) is 8.48. The van der Waals surface area contributed by atoms with Crippen LogP contribution < -0.4 is 10.6 Å². The highest BCUT2D eigenvalue weighted by molar-refractivity contribution is 6.40. The SMILES string of the molecule is CCOC(=O)N1CCC(NC(=O)C(=O)Nc2cccc3cccnc23)CC1. The molecule has 1 aromatic heterocycles. The molecule has 2 heterocycles. The van der Waals surface area contributed by atoms with Gasteiger partial charge in [0, 0.05) is 30.7 Å². The zero-order valence-corrected chi connectivity index (χ0v) is 15.1. The van der Waals surface area contributed by atoms with Gasteiger partial charge >= 0.3 is 17.9 Å². The average Bonchev–Trinajstić information content (AvgIpc) is 2.69. The maximum atomic E-state index is 12.3. The Morgan fingerprint density at radius 2 is 1.89 bits per heavy atom. The zero-order valence-electron chi connectivity index (χ0n) is 15.1. The van der Waals surface area contributed by atoms with E-state index in [1.54, 1.807) is 30.2 Å². The molecule has 3 rings (SSSR count). The first kappa shape index (κ1) is 18.6. The first-order valence-electron chi connectivity index (χ1n) is 8.95. The smallest absolute Gasteiger partial charge is 0.409 e. The number of para-hydroxylation sites is 1. The Hall–Kier alpha value is -3.16. The number of aromatic nitrogens is 1. The van der Waals surface area contributed by atoms with E-state index in [1.807, 2.05) is 18.2 Å². The second-order valence-corrected chi connectivity index (χ2v) is 6.27. The number of hydrogen-bond donors (Lipinski definition) is 2. The zero-order chi connectivity index (χ0) is 19.2. The van der Waals surface area contributed by atoms with E-state index in [0.717, 1.165) is 5.39 Å². The highest BCUT2D eigenvalue weighted by Gasteiger charge is 2.26. The number of nitrogens with zero attached hydrogens (tertiary/aromatic N) is 2. The molecular formula is C19H22N4O4. The van der Waals surface area contributed by atoms with E-state index in [9.17, 15) is 14.4 Å². The molecule has 0 atom stereocenters. The predicted molar refractivity (Wildman–Crippen MR) is 100 cm³/mol. The van der Waals surface area contributed by atoms with Gasteiger partial charge in [-0.1, -0.05) is 18.2 Å². The number of pyridine rings is 1. The van der Waals surface area contributed by atoms with Gasteiger partial charge in [0.15, 0.2) is 0 Å². The normalized spacial score (nSPS) is 14.6. The molecule has 1 aliphatic rings. The number of ether oxygens (including phenoxy) is 1. The molecule has 0 bridgehead atoms. The number of fused-ring (bicyclic) bond motifs is 1. The molecule has 0 unspecified atom stereocenters. The highest BCUT2D eigenvalue weighted by atomic mass is 16.6. The van der Waals surface area contributed by atoms with E-state index in [4.69, 9.17) is 4.74 Å². The molecule has 0 saturated carbocycles. The minimum atomic E-state index is -0.735. The molecule has 0 aliphatic carbocycles. The molecule has 1 saturated heterocycles. The Kier molecular flexibility index (Phi) is 5.85. The lowest BCUT2D eigenvalue weighted by Gasteiger charge is -2.31. The van der Waals surface area contributed by atoms with Crippen molar-refractivity contribution in [3.8, 4) is 0 Å². The number of carbonyl (C=O) groups is 3. The Bertz CT molecular complexity index is 841. The van der Waals surface area contributed by atoms with Gasteiger partial charge in [-0.15, -0.1) is 0 Å². The lowest BCUT2D eigenvalue weighted by atomic mass is 10.1. The number of benzene rings is 1. The van der Waals surface area contributed by atoms with Gasteiger partial charge < -0.3 is 20.3 Å². The van der Waals surface area contributed by atoms with Gasteiger partial charge in [0.25, 0.3) is 0 Å². The molecule has 8 nitrogen and oxygen atoms in total. The van der Waals surface area contributed by atoms with E-state index in [1.165, 1.54) is 0 Å². The largest absolute Gasteiger partial charge is 0.450 e. The van der Waals surface area contributed by atoms with Crippen LogP contribution in [0.4, 0.5) is 10.5 Å². The lowest BCUT2D eigenvalue weighted by Crippen LogP contribution is -2.49. The summed E-state index contributed by atoms with van der Waals surface area (Å²) >= 11 is 0. The maximum Gasteiger partial charge on any atom is 0.409 e. The second-order valence-electron chi connectivity index (χ2n) is 6.27. The van der Waals surface area contributed by atoms with Gasteiger partial charge in [-0.2, -0.15) is 0 Å². The molecule has 142 valence electrons. The Balaban J connectivity index is 1.54. The maximum absolute atomic E-state index is 12.3. The summed E-state index contributed by atoms with van der Waals surface area (Å²) in [7, 11) is 0. The van der Waals surface area contributed by atoms with Crippen molar-refractivity contribution in [3.05, 3.63) is 36.5 Å². The quantitative estimate of drug-likeness (QED) is 0.804. The summed E-state index contributed by atoms with van der Waals surface area (Å²) in [6, 6.07) is 8.93. The van der Waals surface area contributed by atoms with Crippen LogP contribution in [0.2, 0.25) is 0 Å². The molecule has 27 heavy (non-hydrogen) atoms. The third kappa shape index (κ3) is 4.52. The summed E-state index contributed by atoms with van der Waals surface area (Å²) in [6.45, 7) is 3.06. The monoisotopic (exact) mass is 370 g/mol. The topological polar surface area (TPSA) is 101 Å². The van der Waals surface area contributed by atoms with Crippen molar-refractivity contribution in [2.75, 3.05) is 25.0 Å². The van der Waals surface area contributed by atoms with Crippen LogP contribution in [0, 0.1) is 0 Å². The molecular weight excluding hydrogens is 348 g/mol. The third-order valence-electron chi connectivity index (χ3n) is 4.44. The number of nitrogens with one attached hydrogen (secondary N) is 2. The Morgan fingerprint density at radius 3 is 2.63 bits per heavy atom. The molecule has 2 N–H and O–H groups in total. The molecule has 8 heteroatoms. The molecule has 1 fully saturated rings. The average molecular weight is 370 g/mol. The van der Waals surface area contributed by atoms with Crippen LogP contribution in [-0.4, -0.2) is 53.5 Å². The van der Waals surface area contributed by atoms with Gasteiger partial charge in [0.05, 0.1) is 17.8 Å². The van der Waals surface area contributed by atoms with Crippen molar-refractivity contribution in [3.63, 3.8) is 0 Å². The summed E-state index contributed by atoms with van der Waals surface area (Å²) in [5.41, 5.74) is 1.12. The van der Waals surface area contributed by atoms with Crippen LogP contribution in [0.5, 0.6) is 0 Å². The van der Waals surface area contributed by atoms with E-state index >= 15 is 0 Å². The molecule has 2 aromatic rings. The Morgan fingerprint density at radius 1 is 1.15 bits per heavy atom. The van der Waals surface area contributed by atoms with E-state index in [0.29, 0.717) is 43.7 Å². The number of piperidine rings is 1. The van der Waals surface area contributed by atoms with Crippen molar-refractivity contribution < 1.29 is 19.1 Å². The number of likely N-dealkylation sites (tertiary alicyclic amines) is 1. The van der Waals surface area contributed by atoms with Crippen LogP contribution in [0.3, 0.4) is 0 Å². The summed E-state index contributed by atoms with van der Waals surface area (Å²) in [5.74, 6) is -1.43. The minimum Gasteiger partial charge on any atom is -0.450 e. The van der Waals surface area contributed by atoms with Crippen LogP contribution in [-0.2, 0) is 14.3 Å². The standard InChI is InChI=1S/C19H22N4O4/c1-2-27-19(26)23-11-8-14(9-12-23)21-17(24)18(25)22-15-7-3-5-13-6-4-10-20-16(13)15/h3-7,10,14H,2,8-9,11-12H2,1H3,(H,21,24)(H,22,25). The number of hydrogen-bond acceptors (Lipinski definition) is 5. The van der Waals surface area contributed by atoms with Crippen LogP contribution in [0.1, 0.15) is 19.8 Å². The summed E-state index contributed by atoms with van der Waals surface area (Å²) in [4.78, 5) is 42.0. The molecule has 0 spiro atoms. The number of amides is 3. The fourth-order valence-electron chi connectivity index (χ4n) is 3.06. The van der Waals surface area contributed by atoms with Crippen molar-refractivity contribution >= 4 is 34.5 Å². The lowest BCUT2D eigenvalue weighted by molar-refractivity contribution is -0.136. The van der Waals surface area contributed by atoms with Crippen molar-refractivity contribution in [1.29, 1.82) is 0 Å². The number of anilines is 1. The van der Waals surface area contributed by atoms with Gasteiger partial charge in [-0.05, 0) is 31.9 Å². The fraction of sp³-hybridized carbons (Fsp3) is 0.368. The molecule has 3 amide bonds. The highest BCUT2D eigenvalue weighted by Crippen LogP contribution is 2.20. The van der Waals surface area contributed by atoms with Crippen molar-refractivity contribution in [1.82, 2.24) is 15.2 Å². The van der Waals surface area contributed by atoms with Gasteiger partial charge in [-0.25, -0.2) is 4.79 Å². The number of rotatable bonds is 3. The van der Waals surface area contributed by atoms with Gasteiger partial charge in [0.1, 0.15) is 0 Å². The van der Waals surface area contributed by atoms with Crippen molar-refractivity contribution in [2.45, 2.75) is 25.8 Å². The molecule has 1 aliphatic heterocycles. The molecule has 0 radical (unpaired) electrons. The van der Waals surface area contributed by atoms with Gasteiger partial charge in [-0.3, -0.25) is 14.6 Å². The van der Waals surface area contributed by atoms with Crippen molar-refractivity contribution in [2.24, 2.45) is 0 Å². The van der Waals surface area contributed by atoms with Crippen LogP contribution in [0.25, 0.3) is 10.9 Å². The van der Waals surface area contributed by atoms with E-state index in [2.05, 4.69) is 15.6 Å².